The van der Waals surface area contributed by atoms with Gasteiger partial charge in [0, 0.05) is 11.8 Å². The molecule has 3 rings (SSSR count). The third kappa shape index (κ3) is 8.39. The first-order valence-electron chi connectivity index (χ1n) is 10.6. The van der Waals surface area contributed by atoms with Gasteiger partial charge in [0.15, 0.2) is 0 Å². The average Bonchev–Trinajstić information content (AvgIpc) is 2.76. The van der Waals surface area contributed by atoms with Crippen LogP contribution in [0.5, 0.6) is 11.8 Å². The number of methoxy groups -OCH3 is 1. The number of nitrogens with zero attached hydrogens (tertiary/aromatic N) is 1. The molecular formula is C23H31F2N3O3. The summed E-state index contributed by atoms with van der Waals surface area (Å²) in [5, 5.41) is 5.15. The lowest BCUT2D eigenvalue weighted by molar-refractivity contribution is -0.0525. The number of hydrogen-bond donors (Lipinski definition) is 2. The maximum absolute atomic E-state index is 12.5. The summed E-state index contributed by atoms with van der Waals surface area (Å²) in [6, 6.07) is 9.53. The van der Waals surface area contributed by atoms with Crippen LogP contribution in [0.1, 0.15) is 63.9 Å². The lowest BCUT2D eigenvalue weighted by atomic mass is 10.0. The van der Waals surface area contributed by atoms with Crippen LogP contribution in [0.25, 0.3) is 0 Å². The molecule has 2 amide bonds. The molecule has 2 aromatic rings. The van der Waals surface area contributed by atoms with Crippen LogP contribution in [-0.4, -0.2) is 24.7 Å². The Morgan fingerprint density at radius 1 is 0.935 bits per heavy atom. The molecule has 0 radical (unpaired) electrons. The van der Waals surface area contributed by atoms with Crippen molar-refractivity contribution in [1.82, 2.24) is 4.98 Å². The molecule has 1 aliphatic carbocycles. The Bertz CT molecular complexity index is 816. The SMILES string of the molecule is C1CCCCC1.COc1ccc(NC(=O)Nc2ccccc2C(C)C)c(OC(F)F)n1. The molecule has 1 fully saturated rings. The summed E-state index contributed by atoms with van der Waals surface area (Å²) in [7, 11) is 1.34. The number of carbonyl (C=O) groups excluding carboxylic acids is 1. The molecule has 6 nitrogen and oxygen atoms in total. The van der Waals surface area contributed by atoms with Gasteiger partial charge in [-0.1, -0.05) is 70.6 Å². The van der Waals surface area contributed by atoms with Crippen LogP contribution in [0.15, 0.2) is 36.4 Å². The van der Waals surface area contributed by atoms with Gasteiger partial charge >= 0.3 is 12.6 Å². The van der Waals surface area contributed by atoms with Crippen molar-refractivity contribution in [2.45, 2.75) is 64.9 Å². The predicted octanol–water partition coefficient (Wildman–Crippen LogP) is 6.80. The quantitative estimate of drug-likeness (QED) is 0.523. The van der Waals surface area contributed by atoms with Gasteiger partial charge in [-0.15, -0.1) is 0 Å². The van der Waals surface area contributed by atoms with Crippen LogP contribution in [0.2, 0.25) is 0 Å². The molecule has 1 aliphatic rings. The van der Waals surface area contributed by atoms with Crippen LogP contribution in [0.4, 0.5) is 25.0 Å². The average molecular weight is 436 g/mol. The Kier molecular flexibility index (Phi) is 10.00. The van der Waals surface area contributed by atoms with E-state index in [1.807, 2.05) is 26.0 Å². The molecule has 0 aliphatic heterocycles. The highest BCUT2D eigenvalue weighted by Crippen LogP contribution is 2.28. The molecule has 170 valence electrons. The number of amides is 2. The lowest BCUT2D eigenvalue weighted by Crippen LogP contribution is -2.21. The molecule has 0 bridgehead atoms. The maximum atomic E-state index is 12.5. The van der Waals surface area contributed by atoms with Crippen LogP contribution in [0, 0.1) is 0 Å². The van der Waals surface area contributed by atoms with Crippen LogP contribution in [0.3, 0.4) is 0 Å². The Morgan fingerprint density at radius 3 is 2.06 bits per heavy atom. The van der Waals surface area contributed by atoms with E-state index >= 15 is 0 Å². The standard InChI is InChI=1S/C17H19F2N3O3.C6H12/c1-10(2)11-6-4-5-7-12(11)20-17(23)21-13-8-9-14(24-3)22-15(13)25-16(18)19;1-2-4-6-5-3-1/h4-10,16H,1-3H3,(H2,20,21,23);1-6H2. The van der Waals surface area contributed by atoms with E-state index in [9.17, 15) is 13.6 Å². The number of carbonyl (C=O) groups is 1. The summed E-state index contributed by atoms with van der Waals surface area (Å²) in [4.78, 5) is 16.0. The summed E-state index contributed by atoms with van der Waals surface area (Å²) in [5.74, 6) is -0.134. The Hall–Kier alpha value is -2.90. The number of para-hydroxylation sites is 1. The van der Waals surface area contributed by atoms with Gasteiger partial charge in [0.05, 0.1) is 7.11 Å². The lowest BCUT2D eigenvalue weighted by Gasteiger charge is -2.15. The number of ether oxygens (including phenoxy) is 2. The first kappa shape index (κ1) is 24.4. The maximum Gasteiger partial charge on any atom is 0.388 e. The smallest absolute Gasteiger partial charge is 0.388 e. The van der Waals surface area contributed by atoms with E-state index in [1.54, 1.807) is 12.1 Å². The fourth-order valence-corrected chi connectivity index (χ4v) is 3.26. The number of nitrogens with one attached hydrogen (secondary N) is 2. The van der Waals surface area contributed by atoms with Gasteiger partial charge in [-0.3, -0.25) is 0 Å². The first-order chi connectivity index (χ1) is 14.9. The molecule has 2 N–H and O–H groups in total. The van der Waals surface area contributed by atoms with Crippen molar-refractivity contribution in [2.24, 2.45) is 0 Å². The molecule has 0 atom stereocenters. The van der Waals surface area contributed by atoms with E-state index < -0.39 is 18.5 Å². The van der Waals surface area contributed by atoms with Crippen molar-refractivity contribution >= 4 is 17.4 Å². The number of pyridine rings is 1. The van der Waals surface area contributed by atoms with Crippen molar-refractivity contribution in [2.75, 3.05) is 17.7 Å². The zero-order chi connectivity index (χ0) is 22.6. The third-order valence-corrected chi connectivity index (χ3v) is 4.82. The van der Waals surface area contributed by atoms with Gasteiger partial charge in [0.25, 0.3) is 0 Å². The predicted molar refractivity (Wildman–Crippen MR) is 118 cm³/mol. The topological polar surface area (TPSA) is 72.5 Å². The van der Waals surface area contributed by atoms with Gasteiger partial charge < -0.3 is 20.1 Å². The van der Waals surface area contributed by atoms with Crippen LogP contribution in [-0.2, 0) is 0 Å². The number of aromatic nitrogens is 1. The summed E-state index contributed by atoms with van der Waals surface area (Å²) in [6.07, 6.45) is 9.00. The summed E-state index contributed by atoms with van der Waals surface area (Å²) < 4.78 is 34.3. The molecule has 0 spiro atoms. The summed E-state index contributed by atoms with van der Waals surface area (Å²) in [5.41, 5.74) is 1.59. The monoisotopic (exact) mass is 435 g/mol. The van der Waals surface area contributed by atoms with E-state index in [2.05, 4.69) is 20.4 Å². The first-order valence-corrected chi connectivity index (χ1v) is 10.6. The molecule has 1 saturated carbocycles. The van der Waals surface area contributed by atoms with Gasteiger partial charge in [0.1, 0.15) is 5.69 Å². The molecule has 0 unspecified atom stereocenters. The summed E-state index contributed by atoms with van der Waals surface area (Å²) in [6.45, 7) is 0.922. The number of alkyl halides is 2. The molecule has 1 aromatic carbocycles. The Labute approximate surface area is 182 Å². The van der Waals surface area contributed by atoms with Crippen molar-refractivity contribution < 1.29 is 23.0 Å². The van der Waals surface area contributed by atoms with Crippen molar-refractivity contribution in [3.05, 3.63) is 42.0 Å². The second-order valence-electron chi connectivity index (χ2n) is 7.53. The van der Waals surface area contributed by atoms with E-state index in [0.29, 0.717) is 5.69 Å². The molecule has 1 heterocycles. The van der Waals surface area contributed by atoms with Gasteiger partial charge in [-0.2, -0.15) is 13.8 Å². The minimum absolute atomic E-state index is 0.000582. The highest BCUT2D eigenvalue weighted by Gasteiger charge is 2.16. The molecular weight excluding hydrogens is 404 g/mol. The minimum Gasteiger partial charge on any atom is -0.481 e. The normalized spacial score (nSPS) is 13.3. The number of rotatable bonds is 6. The largest absolute Gasteiger partial charge is 0.481 e. The summed E-state index contributed by atoms with van der Waals surface area (Å²) >= 11 is 0. The zero-order valence-electron chi connectivity index (χ0n) is 18.3. The fraction of sp³-hybridized carbons (Fsp3) is 0.478. The fourth-order valence-electron chi connectivity index (χ4n) is 3.26. The number of anilines is 2. The third-order valence-electron chi connectivity index (χ3n) is 4.82. The van der Waals surface area contributed by atoms with Crippen molar-refractivity contribution in [1.29, 1.82) is 0 Å². The minimum atomic E-state index is -3.08. The van der Waals surface area contributed by atoms with E-state index in [1.165, 1.54) is 57.8 Å². The molecule has 1 aromatic heterocycles. The van der Waals surface area contributed by atoms with E-state index in [0.717, 1.165) is 5.56 Å². The number of urea groups is 1. The second kappa shape index (κ2) is 12.7. The van der Waals surface area contributed by atoms with E-state index in [-0.39, 0.29) is 17.5 Å². The molecule has 8 heteroatoms. The number of hydrogen-bond acceptors (Lipinski definition) is 4. The number of halogens is 2. The highest BCUT2D eigenvalue weighted by atomic mass is 19.3. The molecule has 0 saturated heterocycles. The van der Waals surface area contributed by atoms with Crippen molar-refractivity contribution in [3.63, 3.8) is 0 Å². The molecule has 31 heavy (non-hydrogen) atoms. The van der Waals surface area contributed by atoms with Crippen LogP contribution >= 0.6 is 0 Å². The van der Waals surface area contributed by atoms with Gasteiger partial charge in [-0.05, 0) is 23.6 Å². The Morgan fingerprint density at radius 2 is 1.52 bits per heavy atom. The second-order valence-corrected chi connectivity index (χ2v) is 7.53. The zero-order valence-corrected chi connectivity index (χ0v) is 18.3. The van der Waals surface area contributed by atoms with Gasteiger partial charge in [0.2, 0.25) is 11.8 Å². The van der Waals surface area contributed by atoms with Gasteiger partial charge in [-0.25, -0.2) is 4.79 Å². The Balaban J connectivity index is 0.000000488. The van der Waals surface area contributed by atoms with E-state index in [4.69, 9.17) is 4.74 Å². The van der Waals surface area contributed by atoms with Crippen LogP contribution < -0.4 is 20.1 Å². The van der Waals surface area contributed by atoms with Crippen molar-refractivity contribution in [3.8, 4) is 11.8 Å². The number of benzene rings is 1. The highest BCUT2D eigenvalue weighted by molar-refractivity contribution is 6.01.